The van der Waals surface area contributed by atoms with Gasteiger partial charge in [-0.25, -0.2) is 17.2 Å². The SMILES string of the molecule is CS(=O)(=O)CCCC(NN)c1c(F)cc(Br)cc1F. The van der Waals surface area contributed by atoms with Gasteiger partial charge >= 0.3 is 0 Å². The van der Waals surface area contributed by atoms with Crippen molar-refractivity contribution in [3.63, 3.8) is 0 Å². The van der Waals surface area contributed by atoms with Gasteiger partial charge in [-0.2, -0.15) is 0 Å². The van der Waals surface area contributed by atoms with E-state index in [4.69, 9.17) is 5.84 Å². The first-order valence-electron chi connectivity index (χ1n) is 5.53. The lowest BCUT2D eigenvalue weighted by Crippen LogP contribution is -2.30. The number of halogens is 3. The molecule has 19 heavy (non-hydrogen) atoms. The van der Waals surface area contributed by atoms with Crippen molar-refractivity contribution in [2.75, 3.05) is 12.0 Å². The van der Waals surface area contributed by atoms with Crippen LogP contribution >= 0.6 is 15.9 Å². The monoisotopic (exact) mass is 356 g/mol. The molecule has 1 aromatic carbocycles. The minimum atomic E-state index is -3.10. The Labute approximate surface area is 119 Å². The second kappa shape index (κ2) is 6.74. The van der Waals surface area contributed by atoms with Crippen LogP contribution in [-0.2, 0) is 9.84 Å². The molecule has 0 aliphatic carbocycles. The van der Waals surface area contributed by atoms with Crippen molar-refractivity contribution in [1.29, 1.82) is 0 Å². The van der Waals surface area contributed by atoms with Crippen LogP contribution in [0.5, 0.6) is 0 Å². The molecule has 0 amide bonds. The van der Waals surface area contributed by atoms with Crippen molar-refractivity contribution in [3.05, 3.63) is 33.8 Å². The van der Waals surface area contributed by atoms with E-state index >= 15 is 0 Å². The van der Waals surface area contributed by atoms with Crippen LogP contribution in [0.2, 0.25) is 0 Å². The van der Waals surface area contributed by atoms with E-state index in [-0.39, 0.29) is 28.6 Å². The van der Waals surface area contributed by atoms with Crippen LogP contribution in [0.15, 0.2) is 16.6 Å². The Hall–Kier alpha value is -0.570. The van der Waals surface area contributed by atoms with E-state index in [1.54, 1.807) is 0 Å². The topological polar surface area (TPSA) is 72.2 Å². The lowest BCUT2D eigenvalue weighted by molar-refractivity contribution is 0.450. The highest BCUT2D eigenvalue weighted by Gasteiger charge is 2.20. The molecule has 1 unspecified atom stereocenters. The summed E-state index contributed by atoms with van der Waals surface area (Å²) in [7, 11) is -3.10. The fourth-order valence-electron chi connectivity index (χ4n) is 1.75. The maximum absolute atomic E-state index is 13.7. The van der Waals surface area contributed by atoms with E-state index in [0.29, 0.717) is 0 Å². The number of hydrogen-bond donors (Lipinski definition) is 2. The summed E-state index contributed by atoms with van der Waals surface area (Å²) in [5, 5.41) is 0. The fourth-order valence-corrected chi connectivity index (χ4v) is 2.84. The van der Waals surface area contributed by atoms with Gasteiger partial charge in [-0.15, -0.1) is 0 Å². The molecular weight excluding hydrogens is 342 g/mol. The van der Waals surface area contributed by atoms with Crippen LogP contribution in [0.3, 0.4) is 0 Å². The van der Waals surface area contributed by atoms with E-state index in [0.717, 1.165) is 18.4 Å². The van der Waals surface area contributed by atoms with E-state index in [9.17, 15) is 17.2 Å². The Balaban J connectivity index is 2.86. The number of sulfone groups is 1. The number of nitrogens with two attached hydrogens (primary N) is 1. The average Bonchev–Trinajstić information content (AvgIpc) is 2.23. The zero-order chi connectivity index (χ0) is 14.6. The third kappa shape index (κ3) is 5.13. The standard InChI is InChI=1S/C11H15BrF2N2O2S/c1-19(17,18)4-2-3-10(16-15)11-8(13)5-7(12)6-9(11)14/h5-6,10,16H,2-4,15H2,1H3. The maximum atomic E-state index is 13.7. The van der Waals surface area contributed by atoms with E-state index in [1.807, 2.05) is 0 Å². The summed E-state index contributed by atoms with van der Waals surface area (Å²) in [5.74, 6) is 3.78. The van der Waals surface area contributed by atoms with E-state index in [2.05, 4.69) is 21.4 Å². The number of nitrogens with one attached hydrogen (secondary N) is 1. The lowest BCUT2D eigenvalue weighted by atomic mass is 10.0. The first-order chi connectivity index (χ1) is 8.74. The highest BCUT2D eigenvalue weighted by atomic mass is 79.9. The summed E-state index contributed by atoms with van der Waals surface area (Å²) in [6.07, 6.45) is 1.60. The first-order valence-corrected chi connectivity index (χ1v) is 8.38. The van der Waals surface area contributed by atoms with Crippen LogP contribution in [-0.4, -0.2) is 20.4 Å². The molecule has 108 valence electrons. The van der Waals surface area contributed by atoms with Crippen LogP contribution < -0.4 is 11.3 Å². The Bertz CT molecular complexity index is 529. The molecule has 0 aliphatic rings. The van der Waals surface area contributed by atoms with Crippen LogP contribution in [0.4, 0.5) is 8.78 Å². The molecule has 1 aromatic rings. The smallest absolute Gasteiger partial charge is 0.147 e. The molecule has 3 N–H and O–H groups in total. The third-order valence-electron chi connectivity index (χ3n) is 2.60. The normalized spacial score (nSPS) is 13.5. The zero-order valence-electron chi connectivity index (χ0n) is 10.3. The minimum Gasteiger partial charge on any atom is -0.271 e. The van der Waals surface area contributed by atoms with Gasteiger partial charge in [-0.3, -0.25) is 11.3 Å². The van der Waals surface area contributed by atoms with E-state index in [1.165, 1.54) is 0 Å². The first kappa shape index (κ1) is 16.5. The second-order valence-electron chi connectivity index (χ2n) is 4.27. The van der Waals surface area contributed by atoms with Gasteiger partial charge in [0.15, 0.2) is 0 Å². The van der Waals surface area contributed by atoms with Crippen molar-refractivity contribution >= 4 is 25.8 Å². The molecule has 0 saturated carbocycles. The highest BCUT2D eigenvalue weighted by molar-refractivity contribution is 9.10. The molecule has 0 aliphatic heterocycles. The minimum absolute atomic E-state index is 0.0506. The molecular formula is C11H15BrF2N2O2S. The van der Waals surface area contributed by atoms with Crippen molar-refractivity contribution in [2.24, 2.45) is 5.84 Å². The number of hydrogen-bond acceptors (Lipinski definition) is 4. The molecule has 0 radical (unpaired) electrons. The lowest BCUT2D eigenvalue weighted by Gasteiger charge is -2.17. The van der Waals surface area contributed by atoms with Gasteiger partial charge < -0.3 is 0 Å². The number of benzene rings is 1. The van der Waals surface area contributed by atoms with Gasteiger partial charge in [0.25, 0.3) is 0 Å². The Morgan fingerprint density at radius 3 is 2.32 bits per heavy atom. The summed E-state index contributed by atoms with van der Waals surface area (Å²) in [6.45, 7) is 0. The molecule has 0 heterocycles. The zero-order valence-corrected chi connectivity index (χ0v) is 12.7. The summed E-state index contributed by atoms with van der Waals surface area (Å²) in [4.78, 5) is 0. The van der Waals surface area contributed by atoms with Crippen molar-refractivity contribution in [1.82, 2.24) is 5.43 Å². The number of hydrazine groups is 1. The van der Waals surface area contributed by atoms with Gasteiger partial charge in [0.2, 0.25) is 0 Å². The van der Waals surface area contributed by atoms with Crippen molar-refractivity contribution in [2.45, 2.75) is 18.9 Å². The van der Waals surface area contributed by atoms with Crippen LogP contribution in [0.25, 0.3) is 0 Å². The molecule has 1 rings (SSSR count). The van der Waals surface area contributed by atoms with Gasteiger partial charge in [-0.05, 0) is 25.0 Å². The average molecular weight is 357 g/mol. The fraction of sp³-hybridized carbons (Fsp3) is 0.455. The quantitative estimate of drug-likeness (QED) is 0.604. The summed E-state index contributed by atoms with van der Waals surface area (Å²) >= 11 is 2.99. The van der Waals surface area contributed by atoms with Crippen LogP contribution in [0, 0.1) is 11.6 Å². The molecule has 8 heteroatoms. The van der Waals surface area contributed by atoms with Gasteiger partial charge in [-0.1, -0.05) is 15.9 Å². The van der Waals surface area contributed by atoms with Crippen molar-refractivity contribution < 1.29 is 17.2 Å². The predicted molar refractivity (Wildman–Crippen MR) is 73.1 cm³/mol. The maximum Gasteiger partial charge on any atom is 0.147 e. The van der Waals surface area contributed by atoms with Gasteiger partial charge in [0.05, 0.1) is 6.04 Å². The summed E-state index contributed by atoms with van der Waals surface area (Å²) in [6, 6.07) is 1.51. The Morgan fingerprint density at radius 2 is 1.89 bits per heavy atom. The molecule has 4 nitrogen and oxygen atoms in total. The molecule has 1 atom stereocenters. The molecule has 0 fully saturated rings. The highest BCUT2D eigenvalue weighted by Crippen LogP contribution is 2.27. The molecule has 0 saturated heterocycles. The Kier molecular flexibility index (Phi) is 5.84. The van der Waals surface area contributed by atoms with Crippen molar-refractivity contribution in [3.8, 4) is 0 Å². The van der Waals surface area contributed by atoms with Crippen LogP contribution in [0.1, 0.15) is 24.4 Å². The molecule has 0 aromatic heterocycles. The Morgan fingerprint density at radius 1 is 1.37 bits per heavy atom. The second-order valence-corrected chi connectivity index (χ2v) is 7.45. The van der Waals surface area contributed by atoms with Gasteiger partial charge in [0, 0.05) is 22.0 Å². The van der Waals surface area contributed by atoms with E-state index < -0.39 is 27.5 Å². The largest absolute Gasteiger partial charge is 0.271 e. The molecule has 0 spiro atoms. The summed E-state index contributed by atoms with van der Waals surface area (Å²) in [5.41, 5.74) is 2.13. The molecule has 0 bridgehead atoms. The van der Waals surface area contributed by atoms with Gasteiger partial charge in [0.1, 0.15) is 21.5 Å². The predicted octanol–water partition coefficient (Wildman–Crippen LogP) is 2.06. The number of rotatable bonds is 6. The summed E-state index contributed by atoms with van der Waals surface area (Å²) < 4.78 is 49.8. The third-order valence-corrected chi connectivity index (χ3v) is 4.09.